The summed E-state index contributed by atoms with van der Waals surface area (Å²) in [5.41, 5.74) is 9.95. The lowest BCUT2D eigenvalue weighted by Gasteiger charge is -2.18. The SMILES string of the molecule is Cc1c(-c2ccn[nH]2)sc2c(NCCN(C)C(=O)C3CC3)cc(N)nc12. The first kappa shape index (κ1) is 16.8. The molecule has 1 saturated carbocycles. The zero-order valence-electron chi connectivity index (χ0n) is 14.9. The number of hydrogen-bond donors (Lipinski definition) is 3. The first-order valence-electron chi connectivity index (χ1n) is 8.73. The molecular weight excluding hydrogens is 348 g/mol. The van der Waals surface area contributed by atoms with Gasteiger partial charge in [-0.25, -0.2) is 4.98 Å². The lowest BCUT2D eigenvalue weighted by molar-refractivity contribution is -0.131. The van der Waals surface area contributed by atoms with Crippen molar-refractivity contribution in [2.24, 2.45) is 5.92 Å². The van der Waals surface area contributed by atoms with Crippen molar-refractivity contribution in [3.63, 3.8) is 0 Å². The number of fused-ring (bicyclic) bond motifs is 1. The zero-order valence-corrected chi connectivity index (χ0v) is 15.7. The molecule has 0 bridgehead atoms. The van der Waals surface area contributed by atoms with Gasteiger partial charge in [0.25, 0.3) is 0 Å². The van der Waals surface area contributed by atoms with E-state index in [1.54, 1.807) is 17.5 Å². The molecule has 1 fully saturated rings. The number of nitrogens with zero attached hydrogens (tertiary/aromatic N) is 3. The summed E-state index contributed by atoms with van der Waals surface area (Å²) in [4.78, 5) is 19.5. The van der Waals surface area contributed by atoms with E-state index in [1.807, 2.05) is 31.0 Å². The molecule has 0 aromatic carbocycles. The number of nitrogen functional groups attached to an aromatic ring is 1. The molecule has 3 heterocycles. The summed E-state index contributed by atoms with van der Waals surface area (Å²) in [5.74, 6) is 0.986. The van der Waals surface area contributed by atoms with E-state index < -0.39 is 0 Å². The van der Waals surface area contributed by atoms with Crippen LogP contribution in [0.4, 0.5) is 11.5 Å². The number of H-pyrrole nitrogens is 1. The molecule has 0 radical (unpaired) electrons. The Kier molecular flexibility index (Phi) is 4.28. The predicted molar refractivity (Wildman–Crippen MR) is 105 cm³/mol. The smallest absolute Gasteiger partial charge is 0.225 e. The van der Waals surface area contributed by atoms with Crippen LogP contribution in [0.1, 0.15) is 18.4 Å². The molecular formula is C18H22N6OS. The lowest BCUT2D eigenvalue weighted by Crippen LogP contribution is -2.32. The highest BCUT2D eigenvalue weighted by Crippen LogP contribution is 2.40. The molecule has 7 nitrogen and oxygen atoms in total. The van der Waals surface area contributed by atoms with Gasteiger partial charge >= 0.3 is 0 Å². The normalized spacial score (nSPS) is 13.9. The van der Waals surface area contributed by atoms with Gasteiger partial charge in [0.2, 0.25) is 5.91 Å². The van der Waals surface area contributed by atoms with E-state index >= 15 is 0 Å². The molecule has 0 aliphatic heterocycles. The van der Waals surface area contributed by atoms with Crippen LogP contribution >= 0.6 is 11.3 Å². The second-order valence-electron chi connectivity index (χ2n) is 6.76. The maximum absolute atomic E-state index is 12.1. The van der Waals surface area contributed by atoms with E-state index in [1.165, 1.54) is 0 Å². The largest absolute Gasteiger partial charge is 0.384 e. The number of aromatic amines is 1. The standard InChI is InChI=1S/C18H22N6OS/c1-10-15-17(26-16(10)12-5-6-21-23-12)13(9-14(19)22-15)20-7-8-24(2)18(25)11-3-4-11/h5-6,9,11H,3-4,7-8H2,1-2H3,(H,21,23)(H3,19,20,22). The van der Waals surface area contributed by atoms with Gasteiger partial charge in [-0.3, -0.25) is 9.89 Å². The van der Waals surface area contributed by atoms with Gasteiger partial charge in [-0.1, -0.05) is 0 Å². The van der Waals surface area contributed by atoms with Crippen LogP contribution in [0.15, 0.2) is 18.3 Å². The summed E-state index contributed by atoms with van der Waals surface area (Å²) in [6, 6.07) is 3.81. The van der Waals surface area contributed by atoms with E-state index in [2.05, 4.69) is 20.5 Å². The number of pyridine rings is 1. The third-order valence-corrected chi connectivity index (χ3v) is 6.05. The number of thiophene rings is 1. The van der Waals surface area contributed by atoms with Gasteiger partial charge in [0.05, 0.1) is 26.5 Å². The third kappa shape index (κ3) is 3.12. The van der Waals surface area contributed by atoms with Crippen LogP contribution in [-0.2, 0) is 4.79 Å². The number of carbonyl (C=O) groups is 1. The fourth-order valence-corrected chi connectivity index (χ4v) is 4.29. The molecule has 3 aromatic rings. The Morgan fingerprint density at radius 3 is 3.00 bits per heavy atom. The van der Waals surface area contributed by atoms with Crippen molar-refractivity contribution in [3.05, 3.63) is 23.9 Å². The van der Waals surface area contributed by atoms with Crippen LogP contribution < -0.4 is 11.1 Å². The van der Waals surface area contributed by atoms with Gasteiger partial charge in [-0.15, -0.1) is 11.3 Å². The van der Waals surface area contributed by atoms with E-state index in [0.29, 0.717) is 18.9 Å². The molecule has 0 atom stereocenters. The van der Waals surface area contributed by atoms with Crippen molar-refractivity contribution >= 4 is 39.0 Å². The molecule has 4 rings (SSSR count). The number of rotatable bonds is 6. The highest BCUT2D eigenvalue weighted by Gasteiger charge is 2.31. The first-order valence-corrected chi connectivity index (χ1v) is 9.54. The molecule has 4 N–H and O–H groups in total. The molecule has 26 heavy (non-hydrogen) atoms. The van der Waals surface area contributed by atoms with Crippen molar-refractivity contribution in [3.8, 4) is 10.6 Å². The molecule has 0 saturated heterocycles. The summed E-state index contributed by atoms with van der Waals surface area (Å²) in [6.07, 6.45) is 3.80. The molecule has 1 aliphatic carbocycles. The molecule has 0 unspecified atom stereocenters. The highest BCUT2D eigenvalue weighted by atomic mass is 32.1. The van der Waals surface area contributed by atoms with Crippen LogP contribution in [0, 0.1) is 12.8 Å². The Hall–Kier alpha value is -2.61. The van der Waals surface area contributed by atoms with Gasteiger partial charge in [-0.05, 0) is 31.4 Å². The minimum Gasteiger partial charge on any atom is -0.384 e. The number of anilines is 2. The van der Waals surface area contributed by atoms with E-state index in [4.69, 9.17) is 5.73 Å². The van der Waals surface area contributed by atoms with Crippen molar-refractivity contribution in [2.45, 2.75) is 19.8 Å². The zero-order chi connectivity index (χ0) is 18.3. The van der Waals surface area contributed by atoms with Crippen LogP contribution in [-0.4, -0.2) is 46.1 Å². The van der Waals surface area contributed by atoms with Crippen molar-refractivity contribution in [2.75, 3.05) is 31.2 Å². The van der Waals surface area contributed by atoms with Gasteiger partial charge in [0.1, 0.15) is 5.82 Å². The number of amides is 1. The maximum atomic E-state index is 12.1. The first-order chi connectivity index (χ1) is 12.5. The summed E-state index contributed by atoms with van der Waals surface area (Å²) in [6.45, 7) is 3.38. The van der Waals surface area contributed by atoms with Gasteiger partial charge < -0.3 is 16.0 Å². The van der Waals surface area contributed by atoms with Crippen LogP contribution in [0.2, 0.25) is 0 Å². The van der Waals surface area contributed by atoms with E-state index in [-0.39, 0.29) is 11.8 Å². The van der Waals surface area contributed by atoms with Crippen molar-refractivity contribution in [1.29, 1.82) is 0 Å². The summed E-state index contributed by atoms with van der Waals surface area (Å²) in [5, 5.41) is 10.5. The topological polar surface area (TPSA) is 99.9 Å². The van der Waals surface area contributed by atoms with Gasteiger partial charge in [0, 0.05) is 38.3 Å². The highest BCUT2D eigenvalue weighted by molar-refractivity contribution is 7.23. The average Bonchev–Trinajstić information content (AvgIpc) is 3.23. The van der Waals surface area contributed by atoms with Gasteiger partial charge in [0.15, 0.2) is 0 Å². The second-order valence-corrected chi connectivity index (χ2v) is 7.78. The van der Waals surface area contributed by atoms with Gasteiger partial charge in [-0.2, -0.15) is 5.10 Å². The van der Waals surface area contributed by atoms with Crippen LogP contribution in [0.25, 0.3) is 20.8 Å². The average molecular weight is 370 g/mol. The van der Waals surface area contributed by atoms with Crippen LogP contribution in [0.3, 0.4) is 0 Å². The Balaban J connectivity index is 1.56. The number of hydrogen-bond acceptors (Lipinski definition) is 6. The monoisotopic (exact) mass is 370 g/mol. The fourth-order valence-electron chi connectivity index (χ4n) is 3.08. The van der Waals surface area contributed by atoms with E-state index in [9.17, 15) is 4.79 Å². The minimum atomic E-state index is 0.250. The third-order valence-electron chi connectivity index (χ3n) is 4.70. The van der Waals surface area contributed by atoms with Crippen LogP contribution in [0.5, 0.6) is 0 Å². The second kappa shape index (κ2) is 6.60. The van der Waals surface area contributed by atoms with Crippen molar-refractivity contribution in [1.82, 2.24) is 20.1 Å². The molecule has 136 valence electrons. The number of likely N-dealkylation sites (N-methyl/N-ethyl adjacent to an activating group) is 1. The Morgan fingerprint density at radius 1 is 1.50 bits per heavy atom. The van der Waals surface area contributed by atoms with Crippen molar-refractivity contribution < 1.29 is 4.79 Å². The quantitative estimate of drug-likeness (QED) is 0.619. The number of carbonyl (C=O) groups excluding carboxylic acids is 1. The maximum Gasteiger partial charge on any atom is 0.225 e. The number of nitrogens with two attached hydrogens (primary N) is 1. The number of aromatic nitrogens is 3. The Labute approximate surface area is 155 Å². The molecule has 3 aromatic heterocycles. The lowest BCUT2D eigenvalue weighted by atomic mass is 10.2. The molecule has 8 heteroatoms. The number of nitrogens with one attached hydrogen (secondary N) is 2. The predicted octanol–water partition coefficient (Wildman–Crippen LogP) is 2.86. The Morgan fingerprint density at radius 2 is 2.31 bits per heavy atom. The summed E-state index contributed by atoms with van der Waals surface area (Å²) >= 11 is 1.66. The minimum absolute atomic E-state index is 0.250. The molecule has 1 aliphatic rings. The number of aryl methyl sites for hydroxylation is 1. The molecule has 0 spiro atoms. The molecule has 1 amide bonds. The fraction of sp³-hybridized carbons (Fsp3) is 0.389. The Bertz CT molecular complexity index is 944. The summed E-state index contributed by atoms with van der Waals surface area (Å²) < 4.78 is 1.07. The van der Waals surface area contributed by atoms with E-state index in [0.717, 1.165) is 44.9 Å². The summed E-state index contributed by atoms with van der Waals surface area (Å²) in [7, 11) is 1.87.